The molecule has 0 aromatic heterocycles. The van der Waals surface area contributed by atoms with E-state index in [0.29, 0.717) is 11.5 Å². The Hall–Kier alpha value is -6.74. The topological polar surface area (TPSA) is 109 Å². The van der Waals surface area contributed by atoms with Crippen molar-refractivity contribution in [1.29, 1.82) is 0 Å². The zero-order valence-corrected chi connectivity index (χ0v) is 67.0. The molecule has 0 heterocycles. The number of aliphatic hydroxyl groups excluding tert-OH is 1. The molecule has 4 N–H and O–H groups in total. The van der Waals surface area contributed by atoms with Crippen molar-refractivity contribution in [3.8, 4) is 23.0 Å². The van der Waals surface area contributed by atoms with Gasteiger partial charge in [-0.2, -0.15) is 0 Å². The summed E-state index contributed by atoms with van der Waals surface area (Å²) >= 11 is 19.1. The van der Waals surface area contributed by atoms with Crippen molar-refractivity contribution in [3.63, 3.8) is 0 Å². The molecular formula is C93H107Cl5NaO6+. The molecule has 0 atom stereocenters. The summed E-state index contributed by atoms with van der Waals surface area (Å²) in [6, 6.07) is 87.6. The summed E-state index contributed by atoms with van der Waals surface area (Å²) in [4.78, 5) is 0. The first kappa shape index (κ1) is 87.2. The zero-order chi connectivity index (χ0) is 71.4. The first-order chi connectivity index (χ1) is 50.1. The van der Waals surface area contributed by atoms with E-state index < -0.39 is 0 Å². The van der Waals surface area contributed by atoms with Crippen molar-refractivity contribution in [3.05, 3.63) is 341 Å². The molecule has 6 nitrogen and oxygen atoms in total. The van der Waals surface area contributed by atoms with Gasteiger partial charge in [0.1, 0.15) is 29.1 Å². The second-order valence-electron chi connectivity index (χ2n) is 27.4. The summed E-state index contributed by atoms with van der Waals surface area (Å²) in [5.41, 5.74) is 14.7. The molecule has 9 aromatic carbocycles. The van der Waals surface area contributed by atoms with Gasteiger partial charge in [-0.3, -0.25) is 0 Å². The van der Waals surface area contributed by atoms with Gasteiger partial charge in [0.25, 0.3) is 5.76 Å². The number of alkyl halides is 4. The smallest absolute Gasteiger partial charge is 0.870 e. The third kappa shape index (κ3) is 25.2. The van der Waals surface area contributed by atoms with E-state index in [-0.39, 0.29) is 93.8 Å². The molecular weight excluding hydrogens is 1410 g/mol. The largest absolute Gasteiger partial charge is 1.00 e. The van der Waals surface area contributed by atoms with Crippen molar-refractivity contribution in [1.82, 2.24) is 0 Å². The maximum atomic E-state index is 9.51. The van der Waals surface area contributed by atoms with Gasteiger partial charge in [-0.05, 0) is 181 Å². The minimum Gasteiger partial charge on any atom is -0.870 e. The van der Waals surface area contributed by atoms with Crippen LogP contribution >= 0.6 is 58.8 Å². The van der Waals surface area contributed by atoms with Gasteiger partial charge in [-0.15, -0.1) is 58.8 Å². The van der Waals surface area contributed by atoms with Crippen LogP contribution in [0.5, 0.6) is 23.0 Å². The van der Waals surface area contributed by atoms with Crippen molar-refractivity contribution in [2.24, 2.45) is 0 Å². The summed E-state index contributed by atoms with van der Waals surface area (Å²) in [5, 5.41) is 28.0. The van der Waals surface area contributed by atoms with Gasteiger partial charge in [0.05, 0.1) is 28.9 Å². The number of ether oxygens (including phenoxy) is 2. The summed E-state index contributed by atoms with van der Waals surface area (Å²) in [6.07, 6.45) is 42.4. The van der Waals surface area contributed by atoms with Gasteiger partial charge < -0.3 is 30.3 Å². The molecule has 12 heteroatoms. The van der Waals surface area contributed by atoms with Gasteiger partial charge in [0.15, 0.2) is 0 Å². The van der Waals surface area contributed by atoms with E-state index in [9.17, 15) is 10.2 Å². The number of hydrogen-bond acceptors (Lipinski definition) is 6. The van der Waals surface area contributed by atoms with Crippen molar-refractivity contribution in [2.45, 2.75) is 176 Å². The van der Waals surface area contributed by atoms with E-state index in [2.05, 4.69) is 237 Å². The van der Waals surface area contributed by atoms with Gasteiger partial charge in [0, 0.05) is 29.2 Å². The van der Waals surface area contributed by atoms with Gasteiger partial charge >= 0.3 is 29.6 Å². The summed E-state index contributed by atoms with van der Waals surface area (Å²) < 4.78 is 12.0. The number of aromatic hydroxyl groups is 2. The number of phenols is 2. The Balaban J connectivity index is 0.000000254. The number of allylic oxidation sites excluding steroid dienone is 7. The number of hydrogen-bond donors (Lipinski definition) is 3. The standard InChI is InChI=1S/C37H40O2.2C18H20O.C12H14.C6H4O.2CH2Cl2.ClH.Na.H2O.H2/c1-5-13-30(14-6-1)36(25-9-3-10-26-36)32-17-21-34(22-18-32)38-29-39-35-23-19-33(20-24-35)37(27-11-4-12-28-37)31-15-7-2-8-16-31;2*19-17-11-9-16(10-12-17)18(13-5-2-6-14-18)15-7-3-1-4-8-15;1-3-7-11(8-4-1)12-9-5-2-6-10-12;7-6-4-2-1-3-5-6;2*2-1-3;;;;/h1-2,5-8,13-24H,3-4,9-12,25-29H2;2*1,3-4,7-12,19H,2,5-6,13-14H2;1,3-4,7-9H,2,5-6,10H2;1-4H;2*1H2;1H;;1H2;1H/q;;;;;;;;+1;;/i;;;;;;;;;;1+1. The average Bonchev–Trinajstić information content (AvgIpc) is 0.795. The van der Waals surface area contributed by atoms with Crippen LogP contribution in [0.15, 0.2) is 285 Å². The van der Waals surface area contributed by atoms with E-state index in [4.69, 9.17) is 61.0 Å². The van der Waals surface area contributed by atoms with E-state index >= 15 is 0 Å². The molecule has 0 aliphatic heterocycles. The molecule has 0 unspecified atom stereocenters. The Morgan fingerprint density at radius 1 is 0.343 bits per heavy atom. The van der Waals surface area contributed by atoms with Crippen LogP contribution in [0, 0.1) is 6.08 Å². The fourth-order valence-corrected chi connectivity index (χ4v) is 16.2. The Morgan fingerprint density at radius 2 is 0.619 bits per heavy atom. The molecule has 0 radical (unpaired) electrons. The van der Waals surface area contributed by atoms with Crippen molar-refractivity contribution >= 4 is 64.4 Å². The van der Waals surface area contributed by atoms with Crippen molar-refractivity contribution < 1.29 is 61.3 Å². The first-order valence-electron chi connectivity index (χ1n) is 37.0. The van der Waals surface area contributed by atoms with E-state index in [1.807, 2.05) is 24.3 Å². The predicted octanol–water partition coefficient (Wildman–Crippen LogP) is 24.2. The quantitative estimate of drug-likeness (QED) is 0.0459. The summed E-state index contributed by atoms with van der Waals surface area (Å²) in [7, 11) is 0. The molecule has 4 fully saturated rings. The molecule has 0 saturated heterocycles. The Labute approximate surface area is 677 Å². The van der Waals surface area contributed by atoms with Gasteiger partial charge in [-0.25, -0.2) is 0 Å². The fraction of sp³-hybridized carbons (Fsp3) is 0.333. The predicted molar refractivity (Wildman–Crippen MR) is 441 cm³/mol. The third-order valence-corrected chi connectivity index (χ3v) is 21.4. The Morgan fingerprint density at radius 3 is 0.867 bits per heavy atom. The van der Waals surface area contributed by atoms with Crippen LogP contribution in [0.2, 0.25) is 0 Å². The number of halogens is 5. The third-order valence-electron chi connectivity index (χ3n) is 21.4. The van der Waals surface area contributed by atoms with Gasteiger partial charge in [0.2, 0.25) is 6.79 Å². The molecule has 6 aliphatic rings. The maximum Gasteiger partial charge on any atom is 1.00 e. The molecule has 550 valence electrons. The molecule has 4 saturated carbocycles. The van der Waals surface area contributed by atoms with Crippen LogP contribution in [-0.4, -0.2) is 38.3 Å². The van der Waals surface area contributed by atoms with E-state index in [0.717, 1.165) is 11.5 Å². The minimum atomic E-state index is 0. The normalized spacial score (nSPS) is 16.7. The molecule has 0 bridgehead atoms. The summed E-state index contributed by atoms with van der Waals surface area (Å²) in [5.74, 6) is 2.59. The second kappa shape index (κ2) is 47.1. The molecule has 0 spiro atoms. The minimum absolute atomic E-state index is 0. The van der Waals surface area contributed by atoms with Crippen molar-refractivity contribution in [2.75, 3.05) is 17.5 Å². The molecule has 9 aromatic rings. The molecule has 0 amide bonds. The zero-order valence-electron chi connectivity index (χ0n) is 61.2. The van der Waals surface area contributed by atoms with Crippen LogP contribution < -0.4 is 39.0 Å². The number of rotatable bonds is 13. The number of phenolic OH excluding ortho intramolecular Hbond substituents is 2. The van der Waals surface area contributed by atoms with Crippen LogP contribution in [0.3, 0.4) is 0 Å². The van der Waals surface area contributed by atoms with E-state index in [1.54, 1.807) is 29.9 Å². The maximum absolute atomic E-state index is 9.51. The Bertz CT molecular complexity index is 3710. The van der Waals surface area contributed by atoms with Crippen LogP contribution in [0.1, 0.15) is 206 Å². The fourth-order valence-electron chi connectivity index (χ4n) is 16.2. The molecule has 6 aliphatic carbocycles. The Kier molecular flexibility index (Phi) is 39.1. The average molecular weight is 1520 g/mol. The number of benzene rings is 9. The SMILES string of the molecule is C1=C(c2ccccc2)CCCC1.Cl.ClCCl.ClCCl.OC1=CC=CC=[C+]1.Oc1ccc(C2(c3ccccc3)CCCCC2)cc1.Oc1ccc(C2(c3ccccc3)CCCCC2)cc1.[2HH].[Na+].[OH-].c1ccc(C2(c3ccc(OCOc4ccc(C5(c6ccccc6)CCCCC5)cc4)cc3)CCCCC2)cc1. The van der Waals surface area contributed by atoms with Crippen LogP contribution in [0.4, 0.5) is 0 Å². The number of aliphatic hydroxyl groups is 1. The monoisotopic (exact) mass is 1520 g/mol. The van der Waals surface area contributed by atoms with Crippen LogP contribution in [0.25, 0.3) is 5.57 Å². The van der Waals surface area contributed by atoms with Crippen LogP contribution in [-0.2, 0) is 21.7 Å². The second-order valence-corrected chi connectivity index (χ2v) is 29.0. The van der Waals surface area contributed by atoms with E-state index in [1.165, 1.54) is 204 Å². The first-order valence-corrected chi connectivity index (χ1v) is 39.2. The molecule has 15 rings (SSSR count). The molecule has 105 heavy (non-hydrogen) atoms. The van der Waals surface area contributed by atoms with Gasteiger partial charge in [-0.1, -0.05) is 283 Å². The summed E-state index contributed by atoms with van der Waals surface area (Å²) in [6.45, 7) is 0.201.